The number of phosphoric acid groups is 2. The Morgan fingerprint density at radius 2 is 0.510 bits per heavy atom. The summed E-state index contributed by atoms with van der Waals surface area (Å²) < 4.78 is 68.5. The first kappa shape index (κ1) is 96.9. The lowest BCUT2D eigenvalue weighted by molar-refractivity contribution is -0.161. The van der Waals surface area contributed by atoms with E-state index in [9.17, 15) is 43.2 Å². The summed E-state index contributed by atoms with van der Waals surface area (Å²) in [6.45, 7) is 4.49. The fourth-order valence-electron chi connectivity index (χ4n) is 9.85. The number of allylic oxidation sites excluding steroid dienone is 24. The molecule has 0 aliphatic carbocycles. The van der Waals surface area contributed by atoms with Gasteiger partial charge in [0.1, 0.15) is 19.3 Å². The van der Waals surface area contributed by atoms with Crippen LogP contribution in [0.5, 0.6) is 0 Å². The van der Waals surface area contributed by atoms with E-state index in [1.807, 2.05) is 0 Å². The lowest BCUT2D eigenvalue weighted by atomic mass is 10.1. The predicted octanol–water partition coefficient (Wildman–Crippen LogP) is 22.7. The summed E-state index contributed by atoms with van der Waals surface area (Å²) in [7, 11) is -9.99. The third-order valence-corrected chi connectivity index (χ3v) is 17.7. The molecule has 0 aliphatic rings. The number of hydrogen-bond acceptors (Lipinski definition) is 15. The van der Waals surface area contributed by atoms with Gasteiger partial charge >= 0.3 is 39.5 Å². The van der Waals surface area contributed by atoms with E-state index in [1.54, 1.807) is 0 Å². The van der Waals surface area contributed by atoms with Gasteiger partial charge in [-0.3, -0.25) is 37.3 Å². The number of unbranched alkanes of at least 4 members (excludes halogenated alkanes) is 22. The van der Waals surface area contributed by atoms with Crippen LogP contribution in [0.2, 0.25) is 0 Å². The van der Waals surface area contributed by atoms with Gasteiger partial charge in [-0.2, -0.15) is 0 Å². The largest absolute Gasteiger partial charge is 0.472 e. The highest BCUT2D eigenvalue weighted by Crippen LogP contribution is 2.45. The third kappa shape index (κ3) is 73.3. The lowest BCUT2D eigenvalue weighted by Crippen LogP contribution is -2.30. The summed E-state index contributed by atoms with van der Waals surface area (Å²) in [5.74, 6) is -2.29. The Hall–Kier alpha value is -5.06. The Morgan fingerprint density at radius 3 is 0.843 bits per heavy atom. The molecule has 102 heavy (non-hydrogen) atoms. The van der Waals surface area contributed by atoms with E-state index in [4.69, 9.17) is 37.0 Å². The Balaban J connectivity index is 5.44. The van der Waals surface area contributed by atoms with Gasteiger partial charge in [-0.25, -0.2) is 9.13 Å². The number of carbonyl (C=O) groups is 4. The van der Waals surface area contributed by atoms with Gasteiger partial charge in [0.2, 0.25) is 0 Å². The van der Waals surface area contributed by atoms with Crippen molar-refractivity contribution in [2.45, 2.75) is 316 Å². The summed E-state index contributed by atoms with van der Waals surface area (Å²) >= 11 is 0. The molecular formula is C83H138O17P2. The SMILES string of the molecule is CC/C=C\C/C=C\C/C=C\C/C=C\C/C=C\CCCCCC(=O)OCC(COP(=O)(O)OCC(O)COP(=O)(O)OCC(COC(=O)CCCC/C=C\C/C=C\C/C=C\C/C=C\CC)OC(=O)CCCCCCC/C=C\CCCCCC)OC(=O)CCCCCCC/C=C\C/C=C\CCCCC. The number of ether oxygens (including phenoxy) is 4. The normalized spacial score (nSPS) is 14.7. The van der Waals surface area contributed by atoms with E-state index in [1.165, 1.54) is 44.9 Å². The molecule has 0 spiro atoms. The second-order valence-corrected chi connectivity index (χ2v) is 28.4. The molecule has 0 aromatic carbocycles. The quantitative estimate of drug-likeness (QED) is 0.0169. The maximum atomic E-state index is 13.1. The van der Waals surface area contributed by atoms with Crippen LogP contribution in [0, 0.1) is 0 Å². The zero-order chi connectivity index (χ0) is 74.6. The summed E-state index contributed by atoms with van der Waals surface area (Å²) in [4.78, 5) is 72.9. The number of aliphatic hydroxyl groups excluding tert-OH is 1. The summed E-state index contributed by atoms with van der Waals surface area (Å²) in [6.07, 6.45) is 84.1. The van der Waals surface area contributed by atoms with Gasteiger partial charge in [0, 0.05) is 25.7 Å². The summed E-state index contributed by atoms with van der Waals surface area (Å²) in [6, 6.07) is 0. The molecular weight excluding hydrogens is 1330 g/mol. The fourth-order valence-corrected chi connectivity index (χ4v) is 11.4. The second-order valence-electron chi connectivity index (χ2n) is 25.5. The number of carbonyl (C=O) groups excluding carboxylic acids is 4. The van der Waals surface area contributed by atoms with Crippen LogP contribution in [0.3, 0.4) is 0 Å². The monoisotopic (exact) mass is 1470 g/mol. The molecule has 0 bridgehead atoms. The molecule has 0 aromatic heterocycles. The van der Waals surface area contributed by atoms with Gasteiger partial charge in [-0.1, -0.05) is 251 Å². The van der Waals surface area contributed by atoms with Crippen molar-refractivity contribution in [1.29, 1.82) is 0 Å². The van der Waals surface area contributed by atoms with Crippen LogP contribution in [0.25, 0.3) is 0 Å². The van der Waals surface area contributed by atoms with E-state index in [2.05, 4.69) is 174 Å². The molecule has 19 heteroatoms. The highest BCUT2D eigenvalue weighted by atomic mass is 31.2. The Labute approximate surface area is 617 Å². The molecule has 5 atom stereocenters. The molecule has 0 heterocycles. The van der Waals surface area contributed by atoms with E-state index < -0.39 is 97.5 Å². The highest BCUT2D eigenvalue weighted by molar-refractivity contribution is 7.47. The number of esters is 4. The van der Waals surface area contributed by atoms with Crippen LogP contribution in [0.1, 0.15) is 297 Å². The molecule has 17 nitrogen and oxygen atoms in total. The van der Waals surface area contributed by atoms with Crippen molar-refractivity contribution in [1.82, 2.24) is 0 Å². The van der Waals surface area contributed by atoms with Crippen LogP contribution < -0.4 is 0 Å². The van der Waals surface area contributed by atoms with Crippen LogP contribution in [-0.4, -0.2) is 96.7 Å². The number of phosphoric ester groups is 2. The highest BCUT2D eigenvalue weighted by Gasteiger charge is 2.30. The minimum absolute atomic E-state index is 0.0662. The molecule has 0 radical (unpaired) electrons. The Bertz CT molecular complexity index is 2510. The molecule has 5 unspecified atom stereocenters. The molecule has 0 rings (SSSR count). The average Bonchev–Trinajstić information content (AvgIpc) is 0.924. The first-order chi connectivity index (χ1) is 49.7. The van der Waals surface area contributed by atoms with E-state index in [0.29, 0.717) is 25.7 Å². The predicted molar refractivity (Wildman–Crippen MR) is 417 cm³/mol. The zero-order valence-corrected chi connectivity index (χ0v) is 65.3. The molecule has 0 saturated carbocycles. The maximum absolute atomic E-state index is 13.1. The Morgan fingerprint density at radius 1 is 0.284 bits per heavy atom. The average molecular weight is 1470 g/mol. The van der Waals surface area contributed by atoms with Gasteiger partial charge in [0.25, 0.3) is 0 Å². The number of aliphatic hydroxyl groups is 1. The fraction of sp³-hybridized carbons (Fsp3) is 0.663. The minimum atomic E-state index is -5.00. The Kier molecular flexibility index (Phi) is 70.5. The lowest BCUT2D eigenvalue weighted by Gasteiger charge is -2.21. The van der Waals surface area contributed by atoms with Crippen LogP contribution in [0.15, 0.2) is 146 Å². The first-order valence-electron chi connectivity index (χ1n) is 39.1. The number of hydrogen-bond donors (Lipinski definition) is 3. The van der Waals surface area contributed by atoms with Crippen molar-refractivity contribution >= 4 is 39.5 Å². The van der Waals surface area contributed by atoms with Crippen LogP contribution >= 0.6 is 15.6 Å². The molecule has 3 N–H and O–H groups in total. The van der Waals surface area contributed by atoms with Crippen LogP contribution in [0.4, 0.5) is 0 Å². The second kappa shape index (κ2) is 74.2. The summed E-state index contributed by atoms with van der Waals surface area (Å²) in [5, 5.41) is 10.6. The zero-order valence-electron chi connectivity index (χ0n) is 63.5. The molecule has 0 aromatic rings. The van der Waals surface area contributed by atoms with Gasteiger partial charge in [0.05, 0.1) is 26.4 Å². The summed E-state index contributed by atoms with van der Waals surface area (Å²) in [5.41, 5.74) is 0. The molecule has 0 aliphatic heterocycles. The maximum Gasteiger partial charge on any atom is 0.472 e. The van der Waals surface area contributed by atoms with Gasteiger partial charge in [0.15, 0.2) is 12.2 Å². The molecule has 0 amide bonds. The molecule has 0 saturated heterocycles. The standard InChI is InChI=1S/C83H138O17P2/c1-5-9-13-17-21-25-29-33-36-37-38-39-42-45-48-52-56-60-64-68-81(86)94-74-79(100-83(88)70-66-62-58-54-50-46-41-35-31-27-23-19-15-11-7-3)76-98-102(91,92)96-72-77(84)71-95-101(89,90)97-75-78(99-82(87)69-65-61-57-53-49-43-32-28-24-20-16-12-8-4)73-93-80(85)67-63-59-55-51-47-44-40-34-30-26-22-18-14-10-6-2/h9-10,13-14,21-23,25-28,32-36,38-41,45,47-48,51,77-79,84H,5-8,11-12,15-20,24,29-31,37,42-44,46,49-50,52-76H2,1-4H3,(H,89,90)(H,91,92)/b13-9-,14-10-,25-21-,26-22-,27-23-,32-28-,36-33-,39-38-,40-34-,41-35-,48-45-,51-47-. The molecule has 582 valence electrons. The van der Waals surface area contributed by atoms with E-state index in [0.717, 1.165) is 173 Å². The number of rotatable bonds is 72. The molecule has 0 fully saturated rings. The van der Waals surface area contributed by atoms with Crippen molar-refractivity contribution in [3.63, 3.8) is 0 Å². The topological polar surface area (TPSA) is 237 Å². The van der Waals surface area contributed by atoms with Crippen LogP contribution in [-0.2, 0) is 65.4 Å². The van der Waals surface area contributed by atoms with Crippen molar-refractivity contribution in [2.75, 3.05) is 39.6 Å². The van der Waals surface area contributed by atoms with Crippen molar-refractivity contribution in [2.24, 2.45) is 0 Å². The van der Waals surface area contributed by atoms with Gasteiger partial charge in [-0.15, -0.1) is 0 Å². The first-order valence-corrected chi connectivity index (χ1v) is 42.1. The van der Waals surface area contributed by atoms with Gasteiger partial charge < -0.3 is 33.8 Å². The van der Waals surface area contributed by atoms with Crippen molar-refractivity contribution in [3.05, 3.63) is 146 Å². The minimum Gasteiger partial charge on any atom is -0.462 e. The third-order valence-electron chi connectivity index (χ3n) is 15.8. The smallest absolute Gasteiger partial charge is 0.462 e. The van der Waals surface area contributed by atoms with Crippen molar-refractivity contribution in [3.8, 4) is 0 Å². The van der Waals surface area contributed by atoms with E-state index >= 15 is 0 Å². The van der Waals surface area contributed by atoms with Crippen molar-refractivity contribution < 1.29 is 80.2 Å². The van der Waals surface area contributed by atoms with E-state index in [-0.39, 0.29) is 25.7 Å². The van der Waals surface area contributed by atoms with Gasteiger partial charge in [-0.05, 0) is 167 Å².